The molecule has 8 nitrogen and oxygen atoms in total. The fraction of sp³-hybridized carbons (Fsp3) is 0.300. The van der Waals surface area contributed by atoms with Crippen molar-refractivity contribution < 1.29 is 9.53 Å². The summed E-state index contributed by atoms with van der Waals surface area (Å²) in [6.07, 6.45) is 0.903. The van der Waals surface area contributed by atoms with Crippen LogP contribution in [0, 0.1) is 0 Å². The van der Waals surface area contributed by atoms with Crippen LogP contribution in [0.25, 0.3) is 10.9 Å². The minimum atomic E-state index is -0.351. The van der Waals surface area contributed by atoms with Crippen molar-refractivity contribution in [3.05, 3.63) is 48.0 Å². The lowest BCUT2D eigenvalue weighted by atomic mass is 10.1. The minimum absolute atomic E-state index is 0.351. The number of ether oxygens (including phenoxy) is 1. The Balaban J connectivity index is 1.69. The molecule has 0 unspecified atom stereocenters. The quantitative estimate of drug-likeness (QED) is 0.448. The lowest BCUT2D eigenvalue weighted by molar-refractivity contribution is 0.262. The molecule has 1 heterocycles. The molecule has 8 heteroatoms. The second-order valence-electron chi connectivity index (χ2n) is 6.41. The molecule has 0 atom stereocenters. The number of rotatable bonds is 8. The summed E-state index contributed by atoms with van der Waals surface area (Å²) < 4.78 is 7.14. The number of hydrogen-bond donors (Lipinski definition) is 4. The number of hydrogen-bond acceptors (Lipinski definition) is 5. The van der Waals surface area contributed by atoms with E-state index in [1.807, 2.05) is 43.4 Å². The van der Waals surface area contributed by atoms with Gasteiger partial charge in [0.2, 0.25) is 0 Å². The lowest BCUT2D eigenvalue weighted by Gasteiger charge is -2.12. The Morgan fingerprint density at radius 3 is 2.82 bits per heavy atom. The van der Waals surface area contributed by atoms with Crippen LogP contribution in [-0.4, -0.2) is 36.0 Å². The Morgan fingerprint density at radius 2 is 2.04 bits per heavy atom. The number of aryl methyl sites for hydroxylation is 1. The minimum Gasteiger partial charge on any atom is -0.496 e. The van der Waals surface area contributed by atoms with Crippen LogP contribution >= 0.6 is 0 Å². The number of benzene rings is 2. The van der Waals surface area contributed by atoms with Crippen molar-refractivity contribution in [3.8, 4) is 5.75 Å². The molecule has 0 saturated heterocycles. The highest BCUT2D eigenvalue weighted by atomic mass is 16.5. The third-order valence-electron chi connectivity index (χ3n) is 4.40. The molecule has 3 aromatic rings. The van der Waals surface area contributed by atoms with Crippen LogP contribution in [0.5, 0.6) is 5.75 Å². The van der Waals surface area contributed by atoms with E-state index in [0.29, 0.717) is 24.6 Å². The summed E-state index contributed by atoms with van der Waals surface area (Å²) in [6, 6.07) is 12.9. The van der Waals surface area contributed by atoms with Gasteiger partial charge in [0.15, 0.2) is 5.82 Å². The molecule has 2 aromatic carbocycles. The van der Waals surface area contributed by atoms with Crippen LogP contribution in [0.1, 0.15) is 12.0 Å². The van der Waals surface area contributed by atoms with Gasteiger partial charge >= 0.3 is 6.03 Å². The molecule has 1 aromatic heterocycles. The van der Waals surface area contributed by atoms with Gasteiger partial charge in [-0.2, -0.15) is 5.10 Å². The first-order valence-electron chi connectivity index (χ1n) is 9.20. The summed E-state index contributed by atoms with van der Waals surface area (Å²) in [6.45, 7) is 2.10. The molecule has 5 N–H and O–H groups in total. The number of carbonyl (C=O) groups is 1. The van der Waals surface area contributed by atoms with Crippen molar-refractivity contribution in [1.82, 2.24) is 15.1 Å². The maximum atomic E-state index is 12.5. The van der Waals surface area contributed by atoms with Gasteiger partial charge in [-0.3, -0.25) is 10.00 Å². The predicted octanol–water partition coefficient (Wildman–Crippen LogP) is 2.66. The van der Waals surface area contributed by atoms with E-state index in [2.05, 4.69) is 21.0 Å². The van der Waals surface area contributed by atoms with E-state index in [1.165, 1.54) is 0 Å². The molecule has 3 rings (SSSR count). The number of anilines is 2. The van der Waals surface area contributed by atoms with Crippen LogP contribution in [0.2, 0.25) is 0 Å². The monoisotopic (exact) mass is 382 g/mol. The van der Waals surface area contributed by atoms with E-state index < -0.39 is 0 Å². The van der Waals surface area contributed by atoms with E-state index in [1.54, 1.807) is 17.9 Å². The highest BCUT2D eigenvalue weighted by Gasteiger charge is 2.12. The van der Waals surface area contributed by atoms with Gasteiger partial charge in [-0.25, -0.2) is 4.79 Å². The standard InChI is InChI=1S/C20H26N6O2/c1-26-17-7-4-3-6-16(17)19(25-26)24-20(27)23-15-8-9-18(28-2)14(12-15)13-22-11-5-10-21/h3-4,6-9,12,22H,5,10-11,13,21H2,1-2H3,(H2,23,24,25,27). The molecule has 148 valence electrons. The zero-order chi connectivity index (χ0) is 19.9. The van der Waals surface area contributed by atoms with E-state index in [4.69, 9.17) is 10.5 Å². The van der Waals surface area contributed by atoms with E-state index in [-0.39, 0.29) is 6.03 Å². The molecule has 0 saturated carbocycles. The molecule has 28 heavy (non-hydrogen) atoms. The van der Waals surface area contributed by atoms with E-state index in [9.17, 15) is 4.79 Å². The second kappa shape index (κ2) is 9.20. The SMILES string of the molecule is COc1ccc(NC(=O)Nc2nn(C)c3ccccc23)cc1CNCCCN. The molecule has 2 amide bonds. The van der Waals surface area contributed by atoms with Crippen LogP contribution in [0.15, 0.2) is 42.5 Å². The maximum Gasteiger partial charge on any atom is 0.324 e. The Bertz CT molecular complexity index is 953. The maximum absolute atomic E-state index is 12.5. The number of nitrogens with one attached hydrogen (secondary N) is 3. The molecule has 0 bridgehead atoms. The third-order valence-corrected chi connectivity index (χ3v) is 4.40. The fourth-order valence-corrected chi connectivity index (χ4v) is 3.02. The van der Waals surface area contributed by atoms with Crippen LogP contribution in [0.4, 0.5) is 16.3 Å². The molecular weight excluding hydrogens is 356 g/mol. The fourth-order valence-electron chi connectivity index (χ4n) is 3.02. The van der Waals surface area contributed by atoms with Gasteiger partial charge in [-0.05, 0) is 49.8 Å². The van der Waals surface area contributed by atoms with Crippen molar-refractivity contribution in [2.45, 2.75) is 13.0 Å². The molecule has 0 aliphatic rings. The summed E-state index contributed by atoms with van der Waals surface area (Å²) in [5.41, 5.74) is 8.10. The lowest BCUT2D eigenvalue weighted by Crippen LogP contribution is -2.21. The first kappa shape index (κ1) is 19.7. The van der Waals surface area contributed by atoms with Crippen LogP contribution < -0.4 is 26.4 Å². The molecule has 0 aliphatic heterocycles. The van der Waals surface area contributed by atoms with Crippen molar-refractivity contribution >= 4 is 28.4 Å². The molecule has 0 aliphatic carbocycles. The van der Waals surface area contributed by atoms with Crippen molar-refractivity contribution in [2.24, 2.45) is 12.8 Å². The van der Waals surface area contributed by atoms with Crippen molar-refractivity contribution in [3.63, 3.8) is 0 Å². The van der Waals surface area contributed by atoms with Gasteiger partial charge < -0.3 is 21.1 Å². The summed E-state index contributed by atoms with van der Waals surface area (Å²) in [5.74, 6) is 1.29. The first-order chi connectivity index (χ1) is 13.6. The van der Waals surface area contributed by atoms with Crippen molar-refractivity contribution in [2.75, 3.05) is 30.8 Å². The van der Waals surface area contributed by atoms with Gasteiger partial charge in [-0.15, -0.1) is 0 Å². The molecular formula is C20H26N6O2. The first-order valence-corrected chi connectivity index (χ1v) is 9.20. The Labute approximate surface area is 164 Å². The summed E-state index contributed by atoms with van der Waals surface area (Å²) in [7, 11) is 3.48. The number of carbonyl (C=O) groups excluding carboxylic acids is 1. The highest BCUT2D eigenvalue weighted by molar-refractivity contribution is 6.04. The largest absolute Gasteiger partial charge is 0.496 e. The molecule has 0 fully saturated rings. The Kier molecular flexibility index (Phi) is 6.46. The number of aromatic nitrogens is 2. The number of para-hydroxylation sites is 1. The van der Waals surface area contributed by atoms with Crippen LogP contribution in [-0.2, 0) is 13.6 Å². The summed E-state index contributed by atoms with van der Waals surface area (Å²) in [5, 5.41) is 14.3. The number of nitrogens with two attached hydrogens (primary N) is 1. The zero-order valence-corrected chi connectivity index (χ0v) is 16.2. The summed E-state index contributed by atoms with van der Waals surface area (Å²) in [4.78, 5) is 12.5. The summed E-state index contributed by atoms with van der Waals surface area (Å²) >= 11 is 0. The van der Waals surface area contributed by atoms with Crippen molar-refractivity contribution in [1.29, 1.82) is 0 Å². The normalized spacial score (nSPS) is 10.8. The average Bonchev–Trinajstić information content (AvgIpc) is 3.01. The van der Waals surface area contributed by atoms with E-state index in [0.717, 1.165) is 35.2 Å². The number of urea groups is 1. The number of fused-ring (bicyclic) bond motifs is 1. The number of nitrogens with zero attached hydrogens (tertiary/aromatic N) is 2. The second-order valence-corrected chi connectivity index (χ2v) is 6.41. The van der Waals surface area contributed by atoms with E-state index >= 15 is 0 Å². The number of amides is 2. The Hall–Kier alpha value is -3.10. The number of methoxy groups -OCH3 is 1. The van der Waals surface area contributed by atoms with Gasteiger partial charge in [0.1, 0.15) is 5.75 Å². The van der Waals surface area contributed by atoms with Gasteiger partial charge in [0.25, 0.3) is 0 Å². The highest BCUT2D eigenvalue weighted by Crippen LogP contribution is 2.24. The van der Waals surface area contributed by atoms with Gasteiger partial charge in [-0.1, -0.05) is 12.1 Å². The predicted molar refractivity (Wildman–Crippen MR) is 112 cm³/mol. The van der Waals surface area contributed by atoms with Crippen LogP contribution in [0.3, 0.4) is 0 Å². The third kappa shape index (κ3) is 4.59. The molecule has 0 radical (unpaired) electrons. The van der Waals surface area contributed by atoms with Gasteiger partial charge in [0.05, 0.1) is 12.6 Å². The zero-order valence-electron chi connectivity index (χ0n) is 16.2. The topological polar surface area (TPSA) is 106 Å². The van der Waals surface area contributed by atoms with Gasteiger partial charge in [0, 0.05) is 30.2 Å². The molecule has 0 spiro atoms. The average molecular weight is 382 g/mol. The smallest absolute Gasteiger partial charge is 0.324 e. The Morgan fingerprint density at radius 1 is 1.21 bits per heavy atom.